The van der Waals surface area contributed by atoms with Crippen LogP contribution in [0.4, 0.5) is 5.69 Å². The summed E-state index contributed by atoms with van der Waals surface area (Å²) in [5.41, 5.74) is 9.15. The average Bonchev–Trinajstić information content (AvgIpc) is 2.28. The van der Waals surface area contributed by atoms with E-state index in [9.17, 15) is 4.79 Å². The summed E-state index contributed by atoms with van der Waals surface area (Å²) in [6.07, 6.45) is 6.34. The fraction of sp³-hybridized carbons (Fsp3) is 0.357. The van der Waals surface area contributed by atoms with Gasteiger partial charge in [0.25, 0.3) is 0 Å². The van der Waals surface area contributed by atoms with Crippen LogP contribution < -0.4 is 5.73 Å². The van der Waals surface area contributed by atoms with Crippen LogP contribution in [0.15, 0.2) is 29.8 Å². The second kappa shape index (κ2) is 4.52. The van der Waals surface area contributed by atoms with Crippen molar-refractivity contribution in [1.29, 1.82) is 0 Å². The molecule has 0 fully saturated rings. The predicted octanol–water partition coefficient (Wildman–Crippen LogP) is 3.26. The van der Waals surface area contributed by atoms with Crippen molar-refractivity contribution in [3.63, 3.8) is 0 Å². The molecule has 0 amide bonds. The van der Waals surface area contributed by atoms with Gasteiger partial charge in [-0.25, -0.2) is 0 Å². The number of allylic oxidation sites excluding steroid dienone is 2. The average molecular weight is 215 g/mol. The Morgan fingerprint density at radius 1 is 1.25 bits per heavy atom. The highest BCUT2D eigenvalue weighted by Crippen LogP contribution is 2.22. The first-order valence-corrected chi connectivity index (χ1v) is 5.78. The minimum Gasteiger partial charge on any atom is -0.399 e. The van der Waals surface area contributed by atoms with Crippen LogP contribution in [0, 0.1) is 6.92 Å². The molecule has 0 radical (unpaired) electrons. The van der Waals surface area contributed by atoms with Crippen LogP contribution in [0.2, 0.25) is 0 Å². The standard InChI is InChI=1S/C14H17NO/c1-10-7-12(9-13(15)8-10)14(16)11-5-3-2-4-6-11/h5,7-9H,2-4,6,15H2,1H3. The van der Waals surface area contributed by atoms with Crippen LogP contribution >= 0.6 is 0 Å². The third-order valence-corrected chi connectivity index (χ3v) is 2.94. The zero-order valence-electron chi connectivity index (χ0n) is 9.62. The minimum absolute atomic E-state index is 0.148. The summed E-state index contributed by atoms with van der Waals surface area (Å²) in [4.78, 5) is 12.2. The Hall–Kier alpha value is -1.57. The Morgan fingerprint density at radius 2 is 2.06 bits per heavy atom. The molecule has 0 saturated heterocycles. The molecule has 2 heteroatoms. The molecule has 0 bridgehead atoms. The van der Waals surface area contributed by atoms with E-state index in [0.717, 1.165) is 36.0 Å². The number of benzene rings is 1. The number of carbonyl (C=O) groups excluding carboxylic acids is 1. The molecule has 2 nitrogen and oxygen atoms in total. The summed E-state index contributed by atoms with van der Waals surface area (Å²) >= 11 is 0. The molecule has 1 aliphatic rings. The van der Waals surface area contributed by atoms with Gasteiger partial charge < -0.3 is 5.73 Å². The lowest BCUT2D eigenvalue weighted by molar-refractivity contribution is 0.102. The van der Waals surface area contributed by atoms with Crippen LogP contribution in [-0.4, -0.2) is 5.78 Å². The molecule has 1 aromatic rings. The van der Waals surface area contributed by atoms with Crippen molar-refractivity contribution in [2.75, 3.05) is 5.73 Å². The van der Waals surface area contributed by atoms with E-state index in [1.165, 1.54) is 6.42 Å². The quantitative estimate of drug-likeness (QED) is 0.607. The van der Waals surface area contributed by atoms with Crippen LogP contribution in [0.25, 0.3) is 0 Å². The van der Waals surface area contributed by atoms with E-state index in [1.54, 1.807) is 6.07 Å². The Kier molecular flexibility index (Phi) is 3.09. The topological polar surface area (TPSA) is 43.1 Å². The lowest BCUT2D eigenvalue weighted by Crippen LogP contribution is -2.07. The van der Waals surface area contributed by atoms with Crippen molar-refractivity contribution in [2.24, 2.45) is 0 Å². The maximum Gasteiger partial charge on any atom is 0.188 e. The fourth-order valence-corrected chi connectivity index (χ4v) is 2.17. The van der Waals surface area contributed by atoms with E-state index in [1.807, 2.05) is 19.1 Å². The van der Waals surface area contributed by atoms with Gasteiger partial charge in [0.05, 0.1) is 0 Å². The highest BCUT2D eigenvalue weighted by Gasteiger charge is 2.14. The molecule has 0 spiro atoms. The first kappa shape index (κ1) is 10.9. The van der Waals surface area contributed by atoms with E-state index >= 15 is 0 Å². The smallest absolute Gasteiger partial charge is 0.188 e. The van der Waals surface area contributed by atoms with Crippen LogP contribution in [-0.2, 0) is 0 Å². The van der Waals surface area contributed by atoms with Gasteiger partial charge >= 0.3 is 0 Å². The van der Waals surface area contributed by atoms with E-state index in [0.29, 0.717) is 5.69 Å². The molecule has 0 aliphatic heterocycles. The molecular weight excluding hydrogens is 198 g/mol. The number of hydrogen-bond donors (Lipinski definition) is 1. The first-order chi connectivity index (χ1) is 7.66. The number of aryl methyl sites for hydroxylation is 1. The Balaban J connectivity index is 2.29. The normalized spacial score (nSPS) is 15.7. The predicted molar refractivity (Wildman–Crippen MR) is 66.5 cm³/mol. The van der Waals surface area contributed by atoms with Crippen molar-refractivity contribution in [1.82, 2.24) is 0 Å². The zero-order chi connectivity index (χ0) is 11.5. The van der Waals surface area contributed by atoms with Crippen LogP contribution in [0.3, 0.4) is 0 Å². The van der Waals surface area contributed by atoms with Crippen LogP contribution in [0.5, 0.6) is 0 Å². The molecular formula is C14H17NO. The summed E-state index contributed by atoms with van der Waals surface area (Å²) in [7, 11) is 0. The van der Waals surface area contributed by atoms with Gasteiger partial charge in [0.15, 0.2) is 5.78 Å². The first-order valence-electron chi connectivity index (χ1n) is 5.78. The number of carbonyl (C=O) groups is 1. The Morgan fingerprint density at radius 3 is 2.69 bits per heavy atom. The molecule has 1 aromatic carbocycles. The zero-order valence-corrected chi connectivity index (χ0v) is 9.62. The number of Topliss-reactive ketones (excluding diaryl/α,β-unsaturated/α-hetero) is 1. The second-order valence-corrected chi connectivity index (χ2v) is 4.44. The number of anilines is 1. The molecule has 2 N–H and O–H groups in total. The summed E-state index contributed by atoms with van der Waals surface area (Å²) < 4.78 is 0. The number of hydrogen-bond acceptors (Lipinski definition) is 2. The van der Waals surface area contributed by atoms with E-state index < -0.39 is 0 Å². The van der Waals surface area contributed by atoms with E-state index in [-0.39, 0.29) is 5.78 Å². The van der Waals surface area contributed by atoms with Gasteiger partial charge in [-0.15, -0.1) is 0 Å². The molecule has 0 aromatic heterocycles. The summed E-state index contributed by atoms with van der Waals surface area (Å²) in [6, 6.07) is 5.56. The molecule has 1 aliphatic carbocycles. The van der Waals surface area contributed by atoms with Crippen LogP contribution in [0.1, 0.15) is 41.6 Å². The van der Waals surface area contributed by atoms with E-state index in [2.05, 4.69) is 6.08 Å². The van der Waals surface area contributed by atoms with E-state index in [4.69, 9.17) is 5.73 Å². The molecule has 0 saturated carbocycles. The van der Waals surface area contributed by atoms with Gasteiger partial charge in [-0.2, -0.15) is 0 Å². The van der Waals surface area contributed by atoms with Gasteiger partial charge in [-0.05, 0) is 61.9 Å². The summed E-state index contributed by atoms with van der Waals surface area (Å²) in [5.74, 6) is 0.148. The SMILES string of the molecule is Cc1cc(N)cc(C(=O)C2=CCCCC2)c1. The number of rotatable bonds is 2. The largest absolute Gasteiger partial charge is 0.399 e. The monoisotopic (exact) mass is 215 g/mol. The van der Waals surface area contributed by atoms with Gasteiger partial charge in [-0.1, -0.05) is 6.08 Å². The van der Waals surface area contributed by atoms with Gasteiger partial charge in [0.2, 0.25) is 0 Å². The van der Waals surface area contributed by atoms with Crippen molar-refractivity contribution in [3.8, 4) is 0 Å². The molecule has 84 valence electrons. The highest BCUT2D eigenvalue weighted by molar-refractivity contribution is 6.09. The van der Waals surface area contributed by atoms with Crippen molar-refractivity contribution in [3.05, 3.63) is 41.0 Å². The maximum absolute atomic E-state index is 12.2. The number of ketones is 1. The Labute approximate surface area is 96.2 Å². The van der Waals surface area contributed by atoms with Crippen molar-refractivity contribution < 1.29 is 4.79 Å². The van der Waals surface area contributed by atoms with Crippen molar-refractivity contribution >= 4 is 11.5 Å². The second-order valence-electron chi connectivity index (χ2n) is 4.44. The lowest BCUT2D eigenvalue weighted by atomic mass is 9.92. The van der Waals surface area contributed by atoms with Crippen molar-refractivity contribution in [2.45, 2.75) is 32.6 Å². The minimum atomic E-state index is 0.148. The summed E-state index contributed by atoms with van der Waals surface area (Å²) in [5, 5.41) is 0. The molecule has 0 unspecified atom stereocenters. The summed E-state index contributed by atoms with van der Waals surface area (Å²) in [6.45, 7) is 1.96. The molecule has 2 rings (SSSR count). The molecule has 16 heavy (non-hydrogen) atoms. The molecule has 0 atom stereocenters. The highest BCUT2D eigenvalue weighted by atomic mass is 16.1. The van der Waals surface area contributed by atoms with Gasteiger partial charge in [-0.3, -0.25) is 4.79 Å². The number of nitrogen functional groups attached to an aromatic ring is 1. The molecule has 0 heterocycles. The third-order valence-electron chi connectivity index (χ3n) is 2.94. The third kappa shape index (κ3) is 2.32. The number of nitrogens with two attached hydrogens (primary N) is 1. The maximum atomic E-state index is 12.2. The Bertz CT molecular complexity index is 426. The van der Waals surface area contributed by atoms with Gasteiger partial charge in [0.1, 0.15) is 0 Å². The lowest BCUT2D eigenvalue weighted by Gasteiger charge is -2.12. The van der Waals surface area contributed by atoms with Gasteiger partial charge in [0, 0.05) is 11.3 Å². The fourth-order valence-electron chi connectivity index (χ4n) is 2.17.